The van der Waals surface area contributed by atoms with Gasteiger partial charge in [-0.25, -0.2) is 4.39 Å². The Balaban J connectivity index is 1.37. The van der Waals surface area contributed by atoms with Crippen LogP contribution >= 0.6 is 0 Å². The highest BCUT2D eigenvalue weighted by Gasteiger charge is 2.45. The van der Waals surface area contributed by atoms with Gasteiger partial charge < -0.3 is 10.2 Å². The van der Waals surface area contributed by atoms with Crippen molar-refractivity contribution < 1.29 is 14.0 Å². The number of carbonyl (C=O) groups is 2. The average molecular weight is 395 g/mol. The minimum Gasteiger partial charge on any atom is -0.340 e. The van der Waals surface area contributed by atoms with E-state index in [2.05, 4.69) is 10.2 Å². The summed E-state index contributed by atoms with van der Waals surface area (Å²) in [6.07, 6.45) is 0.682. The van der Waals surface area contributed by atoms with E-state index >= 15 is 0 Å². The summed E-state index contributed by atoms with van der Waals surface area (Å²) in [5.41, 5.74) is 2.50. The number of anilines is 1. The van der Waals surface area contributed by atoms with E-state index in [1.165, 1.54) is 6.07 Å². The normalized spacial score (nSPS) is 21.7. The van der Waals surface area contributed by atoms with Gasteiger partial charge >= 0.3 is 0 Å². The van der Waals surface area contributed by atoms with Crippen molar-refractivity contribution >= 4 is 17.5 Å². The molecular weight excluding hydrogens is 369 g/mol. The smallest absolute Gasteiger partial charge is 0.228 e. The Morgan fingerprint density at radius 2 is 1.72 bits per heavy atom. The zero-order valence-corrected chi connectivity index (χ0v) is 16.6. The van der Waals surface area contributed by atoms with Gasteiger partial charge in [0.25, 0.3) is 0 Å². The molecule has 1 saturated carbocycles. The van der Waals surface area contributed by atoms with Crippen LogP contribution in [0.5, 0.6) is 0 Å². The third kappa shape index (κ3) is 4.48. The summed E-state index contributed by atoms with van der Waals surface area (Å²) in [5, 5.41) is 3.06. The Labute approximate surface area is 170 Å². The summed E-state index contributed by atoms with van der Waals surface area (Å²) in [7, 11) is 0. The maximum atomic E-state index is 14.0. The first-order chi connectivity index (χ1) is 14.0. The molecule has 0 spiro atoms. The molecule has 0 radical (unpaired) electrons. The SMILES string of the molecule is CC(=O)N1CCN(Cc2ccccc2NC(=O)[C@@H]2C[C@@H]2c2ccccc2F)CC1. The zero-order valence-electron chi connectivity index (χ0n) is 16.6. The molecule has 1 saturated heterocycles. The van der Waals surface area contributed by atoms with Crippen molar-refractivity contribution in [2.45, 2.75) is 25.8 Å². The van der Waals surface area contributed by atoms with Crippen molar-refractivity contribution in [1.82, 2.24) is 9.80 Å². The van der Waals surface area contributed by atoms with E-state index in [0.717, 1.165) is 44.0 Å². The van der Waals surface area contributed by atoms with Crippen LogP contribution in [-0.2, 0) is 16.1 Å². The number of piperazine rings is 1. The van der Waals surface area contributed by atoms with Gasteiger partial charge in [0.1, 0.15) is 5.82 Å². The molecule has 29 heavy (non-hydrogen) atoms. The second-order valence-electron chi connectivity index (χ2n) is 7.90. The molecule has 2 aromatic rings. The number of amides is 2. The highest BCUT2D eigenvalue weighted by atomic mass is 19.1. The van der Waals surface area contributed by atoms with Gasteiger partial charge in [0.2, 0.25) is 11.8 Å². The monoisotopic (exact) mass is 395 g/mol. The largest absolute Gasteiger partial charge is 0.340 e. The lowest BCUT2D eigenvalue weighted by molar-refractivity contribution is -0.130. The molecule has 0 aromatic heterocycles. The van der Waals surface area contributed by atoms with Crippen molar-refractivity contribution in [3.8, 4) is 0 Å². The molecule has 6 heteroatoms. The lowest BCUT2D eigenvalue weighted by Crippen LogP contribution is -2.47. The van der Waals surface area contributed by atoms with Gasteiger partial charge in [0, 0.05) is 51.3 Å². The highest BCUT2D eigenvalue weighted by Crippen LogP contribution is 2.48. The van der Waals surface area contributed by atoms with E-state index in [1.807, 2.05) is 35.2 Å². The molecule has 2 aromatic carbocycles. The number of nitrogens with zero attached hydrogens (tertiary/aromatic N) is 2. The third-order valence-electron chi connectivity index (χ3n) is 5.92. The van der Waals surface area contributed by atoms with Gasteiger partial charge in [0.15, 0.2) is 0 Å². The second kappa shape index (κ2) is 8.33. The third-order valence-corrected chi connectivity index (χ3v) is 5.92. The standard InChI is InChI=1S/C23H26FN3O2/c1-16(28)27-12-10-26(11-13-27)15-17-6-2-5-9-22(17)25-23(29)20-14-19(20)18-7-3-4-8-21(18)24/h2-9,19-20H,10-15H2,1H3,(H,25,29)/t19-,20-/m1/s1. The molecule has 2 atom stereocenters. The number of carbonyl (C=O) groups excluding carboxylic acids is 2. The van der Waals surface area contributed by atoms with Crippen LogP contribution in [0, 0.1) is 11.7 Å². The van der Waals surface area contributed by atoms with Crippen molar-refractivity contribution in [1.29, 1.82) is 0 Å². The molecule has 1 aliphatic heterocycles. The van der Waals surface area contributed by atoms with Crippen LogP contribution in [0.1, 0.15) is 30.4 Å². The minimum absolute atomic E-state index is 0.0389. The molecule has 1 N–H and O–H groups in total. The Kier molecular flexibility index (Phi) is 5.62. The fourth-order valence-electron chi connectivity index (χ4n) is 4.07. The lowest BCUT2D eigenvalue weighted by atomic mass is 10.1. The number of para-hydroxylation sites is 1. The van der Waals surface area contributed by atoms with Crippen LogP contribution in [0.2, 0.25) is 0 Å². The molecule has 4 rings (SSSR count). The molecule has 1 aliphatic carbocycles. The fourth-order valence-corrected chi connectivity index (χ4v) is 4.07. The molecule has 2 aliphatic rings. The molecule has 152 valence electrons. The summed E-state index contributed by atoms with van der Waals surface area (Å²) in [6, 6.07) is 14.5. The molecule has 0 bridgehead atoms. The number of hydrogen-bond acceptors (Lipinski definition) is 3. The van der Waals surface area contributed by atoms with Gasteiger partial charge in [-0.2, -0.15) is 0 Å². The Hall–Kier alpha value is -2.73. The summed E-state index contributed by atoms with van der Waals surface area (Å²) in [6.45, 7) is 5.43. The highest BCUT2D eigenvalue weighted by molar-refractivity contribution is 5.95. The number of hydrogen-bond donors (Lipinski definition) is 1. The van der Waals surface area contributed by atoms with Gasteiger partial charge in [-0.05, 0) is 35.6 Å². The van der Waals surface area contributed by atoms with Gasteiger partial charge in [-0.15, -0.1) is 0 Å². The maximum Gasteiger partial charge on any atom is 0.228 e. The second-order valence-corrected chi connectivity index (χ2v) is 7.90. The molecule has 0 unspecified atom stereocenters. The molecule has 1 heterocycles. The first kappa shape index (κ1) is 19.6. The lowest BCUT2D eigenvalue weighted by Gasteiger charge is -2.34. The summed E-state index contributed by atoms with van der Waals surface area (Å²) < 4.78 is 14.0. The predicted octanol–water partition coefficient (Wildman–Crippen LogP) is 3.23. The van der Waals surface area contributed by atoms with Gasteiger partial charge in [-0.1, -0.05) is 36.4 Å². The Morgan fingerprint density at radius 3 is 2.45 bits per heavy atom. The van der Waals surface area contributed by atoms with Crippen LogP contribution in [-0.4, -0.2) is 47.8 Å². The van der Waals surface area contributed by atoms with Crippen molar-refractivity contribution in [2.24, 2.45) is 5.92 Å². The first-order valence-electron chi connectivity index (χ1n) is 10.1. The first-order valence-corrected chi connectivity index (χ1v) is 10.1. The fraction of sp³-hybridized carbons (Fsp3) is 0.391. The molecule has 5 nitrogen and oxygen atoms in total. The molecule has 2 amide bonds. The van der Waals surface area contributed by atoms with Crippen LogP contribution < -0.4 is 5.32 Å². The van der Waals surface area contributed by atoms with E-state index in [0.29, 0.717) is 12.0 Å². The average Bonchev–Trinajstić information content (AvgIpc) is 3.51. The van der Waals surface area contributed by atoms with Crippen LogP contribution in [0.25, 0.3) is 0 Å². The number of halogens is 1. The van der Waals surface area contributed by atoms with Crippen molar-refractivity contribution in [3.05, 3.63) is 65.5 Å². The maximum absolute atomic E-state index is 14.0. The van der Waals surface area contributed by atoms with Gasteiger partial charge in [-0.3, -0.25) is 14.5 Å². The molecular formula is C23H26FN3O2. The predicted molar refractivity (Wildman–Crippen MR) is 110 cm³/mol. The summed E-state index contributed by atoms with van der Waals surface area (Å²) in [4.78, 5) is 28.4. The van der Waals surface area contributed by atoms with Crippen LogP contribution in [0.3, 0.4) is 0 Å². The van der Waals surface area contributed by atoms with E-state index in [9.17, 15) is 14.0 Å². The van der Waals surface area contributed by atoms with Crippen molar-refractivity contribution in [3.63, 3.8) is 0 Å². The Bertz CT molecular complexity index is 909. The topological polar surface area (TPSA) is 52.7 Å². The number of benzene rings is 2. The van der Waals surface area contributed by atoms with Crippen LogP contribution in [0.15, 0.2) is 48.5 Å². The quantitative estimate of drug-likeness (QED) is 0.846. The van der Waals surface area contributed by atoms with Gasteiger partial charge in [0.05, 0.1) is 0 Å². The Morgan fingerprint density at radius 1 is 1.03 bits per heavy atom. The van der Waals surface area contributed by atoms with E-state index in [4.69, 9.17) is 0 Å². The molecule has 2 fully saturated rings. The summed E-state index contributed by atoms with van der Waals surface area (Å²) in [5.74, 6) is -0.391. The number of nitrogens with one attached hydrogen (secondary N) is 1. The zero-order chi connectivity index (χ0) is 20.4. The van der Waals surface area contributed by atoms with E-state index in [1.54, 1.807) is 19.1 Å². The minimum atomic E-state index is -0.238. The summed E-state index contributed by atoms with van der Waals surface area (Å²) >= 11 is 0. The van der Waals surface area contributed by atoms with E-state index in [-0.39, 0.29) is 29.5 Å². The van der Waals surface area contributed by atoms with Crippen molar-refractivity contribution in [2.75, 3.05) is 31.5 Å². The van der Waals surface area contributed by atoms with Crippen LogP contribution in [0.4, 0.5) is 10.1 Å². The number of rotatable bonds is 5. The van der Waals surface area contributed by atoms with E-state index < -0.39 is 0 Å².